The molecule has 0 aromatic carbocycles. The summed E-state index contributed by atoms with van der Waals surface area (Å²) in [6, 6.07) is 0. The van der Waals surface area contributed by atoms with Crippen LogP contribution in [0.25, 0.3) is 0 Å². The highest BCUT2D eigenvalue weighted by Gasteiger charge is 2.07. The Hall–Kier alpha value is -0.0900. The minimum atomic E-state index is 0.709. The lowest BCUT2D eigenvalue weighted by atomic mass is 9.93. The molecule has 0 heterocycles. The van der Waals surface area contributed by atoms with Gasteiger partial charge in [-0.1, -0.05) is 43.6 Å². The monoisotopic (exact) mass is 198 g/mol. The largest absolute Gasteiger partial charge is 0.137 e. The fraction of sp³-hybridized carbons (Fsp3) is 0.667. The molecule has 2 atom stereocenters. The van der Waals surface area contributed by atoms with Gasteiger partial charge in [0.2, 0.25) is 0 Å². The molecule has 0 aliphatic rings. The number of hydrogen-bond donors (Lipinski definition) is 0. The number of hydrogen-bond acceptors (Lipinski definition) is 0. The summed E-state index contributed by atoms with van der Waals surface area (Å²) in [5, 5.41) is 0. The van der Waals surface area contributed by atoms with Gasteiger partial charge in [0, 0.05) is 0 Å². The number of rotatable bonds is 5. The van der Waals surface area contributed by atoms with E-state index in [9.17, 15) is 0 Å². The molecule has 0 amide bonds. The van der Waals surface area contributed by atoms with Gasteiger partial charge in [0.25, 0.3) is 0 Å². The van der Waals surface area contributed by atoms with Gasteiger partial charge >= 0.3 is 0 Å². The molecule has 0 N–H and O–H groups in total. The first-order chi connectivity index (χ1) is 6.17. The average molecular weight is 198 g/mol. The van der Waals surface area contributed by atoms with E-state index in [1.165, 1.54) is 24.6 Å². The van der Waals surface area contributed by atoms with Gasteiger partial charge in [-0.05, 0) is 32.3 Å². The van der Waals surface area contributed by atoms with Crippen LogP contribution in [0.2, 0.25) is 0 Å². The van der Waals surface area contributed by atoms with Crippen molar-refractivity contribution in [2.45, 2.75) is 40.5 Å². The molecule has 1 heteroatoms. The van der Waals surface area contributed by atoms with E-state index in [0.29, 0.717) is 5.92 Å². The van der Waals surface area contributed by atoms with E-state index in [2.05, 4.69) is 49.1 Å². The topological polar surface area (TPSA) is 0 Å². The van der Waals surface area contributed by atoms with Gasteiger partial charge in [0.1, 0.15) is 0 Å². The van der Waals surface area contributed by atoms with Crippen LogP contribution in [0.15, 0.2) is 23.3 Å². The molecule has 0 aromatic heterocycles. The summed E-state index contributed by atoms with van der Waals surface area (Å²) in [5.74, 6) is 0.709. The van der Waals surface area contributed by atoms with Crippen molar-refractivity contribution in [1.82, 2.24) is 0 Å². The summed E-state index contributed by atoms with van der Waals surface area (Å²) in [5.41, 5.74) is 3.08. The summed E-state index contributed by atoms with van der Waals surface area (Å²) in [6.45, 7) is 8.86. The predicted octanol–water partition coefficient (Wildman–Crippen LogP) is 4.19. The van der Waals surface area contributed by atoms with Gasteiger partial charge in [-0.25, -0.2) is 0 Å². The van der Waals surface area contributed by atoms with Gasteiger partial charge in [-0.3, -0.25) is 0 Å². The Morgan fingerprint density at radius 3 is 2.46 bits per heavy atom. The summed E-state index contributed by atoms with van der Waals surface area (Å²) >= 11 is 0. The van der Waals surface area contributed by atoms with E-state index < -0.39 is 0 Å². The maximum Gasteiger partial charge on any atom is -0.0191 e. The molecule has 0 saturated heterocycles. The summed E-state index contributed by atoms with van der Waals surface area (Å²) in [4.78, 5) is 0. The smallest absolute Gasteiger partial charge is 0.0191 e. The molecule has 0 spiro atoms. The Kier molecular flexibility index (Phi) is 7.28. The minimum absolute atomic E-state index is 0.709. The van der Waals surface area contributed by atoms with Crippen molar-refractivity contribution in [3.05, 3.63) is 23.3 Å². The van der Waals surface area contributed by atoms with E-state index >= 15 is 0 Å². The molecule has 0 nitrogen and oxygen atoms in total. The maximum atomic E-state index is 2.84. The predicted molar refractivity (Wildman–Crippen MR) is 66.2 cm³/mol. The highest BCUT2D eigenvalue weighted by atomic mass is 31.0. The lowest BCUT2D eigenvalue weighted by molar-refractivity contribution is 0.702. The van der Waals surface area contributed by atoms with Crippen molar-refractivity contribution < 1.29 is 0 Å². The highest BCUT2D eigenvalue weighted by Crippen LogP contribution is 2.22. The fourth-order valence-electron chi connectivity index (χ4n) is 1.60. The first-order valence-corrected chi connectivity index (χ1v) is 6.01. The minimum Gasteiger partial charge on any atom is -0.137 e. The normalized spacial score (nSPS) is 16.1. The zero-order chi connectivity index (χ0) is 10.3. The molecule has 0 saturated carbocycles. The summed E-state index contributed by atoms with van der Waals surface area (Å²) < 4.78 is 0. The molecule has 2 unspecified atom stereocenters. The third-order valence-electron chi connectivity index (χ3n) is 2.39. The van der Waals surface area contributed by atoms with E-state index in [1.807, 2.05) is 0 Å². The second-order valence-electron chi connectivity index (χ2n) is 3.60. The highest BCUT2D eigenvalue weighted by molar-refractivity contribution is 7.16. The van der Waals surface area contributed by atoms with Gasteiger partial charge in [-0.2, -0.15) is 0 Å². The van der Waals surface area contributed by atoms with E-state index in [4.69, 9.17) is 0 Å². The Bertz CT molecular complexity index is 189. The third-order valence-corrected chi connectivity index (χ3v) is 3.10. The number of allylic oxidation sites excluding steroid dienone is 4. The quantitative estimate of drug-likeness (QED) is 0.459. The SMILES string of the molecule is CC=CC(C)=C(CCC)C(C)CP. The Balaban J connectivity index is 4.64. The molecular weight excluding hydrogens is 175 g/mol. The molecule has 0 radical (unpaired) electrons. The van der Waals surface area contributed by atoms with Crippen molar-refractivity contribution in [1.29, 1.82) is 0 Å². The Morgan fingerprint density at radius 1 is 1.46 bits per heavy atom. The van der Waals surface area contributed by atoms with Crippen LogP contribution in [0.5, 0.6) is 0 Å². The van der Waals surface area contributed by atoms with Crippen LogP contribution in [-0.4, -0.2) is 6.16 Å². The zero-order valence-electron chi connectivity index (χ0n) is 9.43. The zero-order valence-corrected chi connectivity index (χ0v) is 10.6. The molecule has 0 rings (SSSR count). The lowest BCUT2D eigenvalue weighted by Crippen LogP contribution is -2.02. The van der Waals surface area contributed by atoms with E-state index in [-0.39, 0.29) is 0 Å². The van der Waals surface area contributed by atoms with Crippen LogP contribution in [0.1, 0.15) is 40.5 Å². The first kappa shape index (κ1) is 12.9. The molecule has 0 aromatic rings. The maximum absolute atomic E-state index is 2.84. The van der Waals surface area contributed by atoms with Crippen LogP contribution in [0, 0.1) is 5.92 Å². The van der Waals surface area contributed by atoms with Crippen molar-refractivity contribution >= 4 is 9.24 Å². The summed E-state index contributed by atoms with van der Waals surface area (Å²) in [6.07, 6.45) is 8.01. The summed E-state index contributed by atoms with van der Waals surface area (Å²) in [7, 11) is 2.84. The average Bonchev–Trinajstić information content (AvgIpc) is 2.13. The molecule has 13 heavy (non-hydrogen) atoms. The molecular formula is C12H23P. The molecule has 0 aliphatic heterocycles. The standard InChI is InChI=1S/C12H23P/c1-5-7-10(3)12(8-6-2)11(4)9-13/h5,7,11H,6,8-9,13H2,1-4H3. The van der Waals surface area contributed by atoms with Crippen LogP contribution in [-0.2, 0) is 0 Å². The Labute approximate surface area is 85.7 Å². The van der Waals surface area contributed by atoms with Gasteiger partial charge < -0.3 is 0 Å². The van der Waals surface area contributed by atoms with Crippen molar-refractivity contribution in [3.63, 3.8) is 0 Å². The second kappa shape index (κ2) is 7.33. The van der Waals surface area contributed by atoms with Crippen LogP contribution in [0.4, 0.5) is 0 Å². The van der Waals surface area contributed by atoms with Crippen molar-refractivity contribution in [2.24, 2.45) is 5.92 Å². The first-order valence-electron chi connectivity index (χ1n) is 5.19. The Morgan fingerprint density at radius 2 is 2.08 bits per heavy atom. The van der Waals surface area contributed by atoms with Gasteiger partial charge in [-0.15, -0.1) is 9.24 Å². The van der Waals surface area contributed by atoms with Gasteiger partial charge in [0.05, 0.1) is 0 Å². The van der Waals surface area contributed by atoms with E-state index in [1.54, 1.807) is 5.57 Å². The fourth-order valence-corrected chi connectivity index (χ4v) is 1.89. The molecule has 0 bridgehead atoms. The molecule has 0 fully saturated rings. The van der Waals surface area contributed by atoms with Crippen LogP contribution in [0.3, 0.4) is 0 Å². The lowest BCUT2D eigenvalue weighted by Gasteiger charge is -2.15. The van der Waals surface area contributed by atoms with Crippen molar-refractivity contribution in [3.8, 4) is 0 Å². The van der Waals surface area contributed by atoms with Crippen LogP contribution >= 0.6 is 9.24 Å². The molecule has 76 valence electrons. The van der Waals surface area contributed by atoms with Crippen LogP contribution < -0.4 is 0 Å². The molecule has 0 aliphatic carbocycles. The van der Waals surface area contributed by atoms with Gasteiger partial charge in [0.15, 0.2) is 0 Å². The van der Waals surface area contributed by atoms with E-state index in [0.717, 1.165) is 0 Å². The van der Waals surface area contributed by atoms with Crippen molar-refractivity contribution in [2.75, 3.05) is 6.16 Å². The third kappa shape index (κ3) is 4.62. The second-order valence-corrected chi connectivity index (χ2v) is 4.07.